The van der Waals surface area contributed by atoms with Crippen LogP contribution in [0.15, 0.2) is 50.6 Å². The van der Waals surface area contributed by atoms with E-state index in [0.29, 0.717) is 22.4 Å². The molecule has 3 aromatic rings. The van der Waals surface area contributed by atoms with Crippen molar-refractivity contribution in [3.63, 3.8) is 0 Å². The first-order valence-corrected chi connectivity index (χ1v) is 10.3. The highest BCUT2D eigenvalue weighted by Gasteiger charge is 2.12. The lowest BCUT2D eigenvalue weighted by Gasteiger charge is -2.13. The van der Waals surface area contributed by atoms with Gasteiger partial charge in [-0.05, 0) is 72.7 Å². The van der Waals surface area contributed by atoms with Gasteiger partial charge in [-0.25, -0.2) is 9.79 Å². The van der Waals surface area contributed by atoms with Gasteiger partial charge in [0, 0.05) is 17.2 Å². The monoisotopic (exact) mass is 394 g/mol. The minimum Gasteiger partial charge on any atom is -0.423 e. The lowest BCUT2D eigenvalue weighted by Crippen LogP contribution is -2.08. The van der Waals surface area contributed by atoms with Crippen LogP contribution in [0.1, 0.15) is 47.6 Å². The van der Waals surface area contributed by atoms with Gasteiger partial charge in [0.1, 0.15) is 5.58 Å². The van der Waals surface area contributed by atoms with Crippen LogP contribution in [0, 0.1) is 20.8 Å². The van der Waals surface area contributed by atoms with Crippen molar-refractivity contribution in [3.05, 3.63) is 74.6 Å². The number of thioether (sulfide) groups is 1. The van der Waals surface area contributed by atoms with E-state index in [-0.39, 0.29) is 5.63 Å². The number of hydrogen-bond acceptors (Lipinski definition) is 4. The van der Waals surface area contributed by atoms with E-state index in [2.05, 4.69) is 31.0 Å². The molecule has 0 amide bonds. The maximum Gasteiger partial charge on any atom is 0.336 e. The van der Waals surface area contributed by atoms with Gasteiger partial charge < -0.3 is 10.2 Å². The molecule has 0 spiro atoms. The standard InChI is InChI=1S/C23H26N2O2S/c1-13(2)18-11-19-17(10-22(26)27-21(19)9-16(18)5)12-28-23(24)25-20-8-14(3)6-7-15(20)4/h6-11,13H,12H2,1-5H3,(H2,24,25). The fourth-order valence-electron chi connectivity index (χ4n) is 3.28. The topological polar surface area (TPSA) is 68.6 Å². The molecule has 1 heterocycles. The Kier molecular flexibility index (Phi) is 5.94. The third kappa shape index (κ3) is 4.47. The Bertz CT molecular complexity index is 1110. The highest BCUT2D eigenvalue weighted by Crippen LogP contribution is 2.29. The van der Waals surface area contributed by atoms with E-state index in [0.717, 1.165) is 33.3 Å². The molecule has 0 saturated carbocycles. The molecular formula is C23H26N2O2S. The number of rotatable bonds is 4. The second kappa shape index (κ2) is 8.23. The lowest BCUT2D eigenvalue weighted by atomic mass is 9.95. The molecule has 0 radical (unpaired) electrons. The maximum absolute atomic E-state index is 12.0. The van der Waals surface area contributed by atoms with Crippen molar-refractivity contribution in [2.75, 3.05) is 0 Å². The minimum absolute atomic E-state index is 0.343. The highest BCUT2D eigenvalue weighted by molar-refractivity contribution is 8.13. The molecule has 0 saturated heterocycles. The van der Waals surface area contributed by atoms with Gasteiger partial charge >= 0.3 is 5.63 Å². The summed E-state index contributed by atoms with van der Waals surface area (Å²) in [5.74, 6) is 0.954. The fourth-order valence-corrected chi connectivity index (χ4v) is 3.98. The molecule has 0 aliphatic carbocycles. The Morgan fingerprint density at radius 2 is 1.86 bits per heavy atom. The molecule has 0 unspecified atom stereocenters. The summed E-state index contributed by atoms with van der Waals surface area (Å²) in [6, 6.07) is 11.8. The lowest BCUT2D eigenvalue weighted by molar-refractivity contribution is 0.559. The number of nitrogens with zero attached hydrogens (tertiary/aromatic N) is 1. The van der Waals surface area contributed by atoms with Gasteiger partial charge in [0.25, 0.3) is 0 Å². The zero-order valence-electron chi connectivity index (χ0n) is 17.0. The number of amidine groups is 1. The van der Waals surface area contributed by atoms with Gasteiger partial charge in [-0.1, -0.05) is 37.7 Å². The molecule has 0 aliphatic heterocycles. The molecular weight excluding hydrogens is 368 g/mol. The second-order valence-electron chi connectivity index (χ2n) is 7.48. The predicted molar refractivity (Wildman–Crippen MR) is 120 cm³/mol. The van der Waals surface area contributed by atoms with Gasteiger partial charge in [-0.3, -0.25) is 0 Å². The van der Waals surface area contributed by atoms with Crippen LogP contribution < -0.4 is 11.4 Å². The summed E-state index contributed by atoms with van der Waals surface area (Å²) in [5, 5.41) is 1.44. The largest absolute Gasteiger partial charge is 0.423 e. The van der Waals surface area contributed by atoms with Crippen molar-refractivity contribution < 1.29 is 4.42 Å². The number of hydrogen-bond donors (Lipinski definition) is 1. The Hall–Kier alpha value is -2.53. The molecule has 5 heteroatoms. The van der Waals surface area contributed by atoms with Crippen molar-refractivity contribution in [1.29, 1.82) is 0 Å². The van der Waals surface area contributed by atoms with Gasteiger partial charge in [0.05, 0.1) is 5.69 Å². The van der Waals surface area contributed by atoms with E-state index < -0.39 is 0 Å². The van der Waals surface area contributed by atoms with Crippen molar-refractivity contribution in [2.24, 2.45) is 10.7 Å². The third-order valence-electron chi connectivity index (χ3n) is 4.81. The molecule has 2 aromatic carbocycles. The van der Waals surface area contributed by atoms with E-state index in [1.807, 2.05) is 39.0 Å². The van der Waals surface area contributed by atoms with Crippen LogP contribution in [-0.4, -0.2) is 5.17 Å². The number of benzene rings is 2. The highest BCUT2D eigenvalue weighted by atomic mass is 32.2. The average Bonchev–Trinajstić information content (AvgIpc) is 2.61. The van der Waals surface area contributed by atoms with Gasteiger partial charge in [-0.2, -0.15) is 0 Å². The number of nitrogens with two attached hydrogens (primary N) is 1. The molecule has 0 atom stereocenters. The van der Waals surface area contributed by atoms with E-state index in [4.69, 9.17) is 10.2 Å². The molecule has 1 aromatic heterocycles. The summed E-state index contributed by atoms with van der Waals surface area (Å²) in [5.41, 5.74) is 12.8. The first-order valence-electron chi connectivity index (χ1n) is 9.36. The molecule has 0 aliphatic rings. The molecule has 146 valence electrons. The van der Waals surface area contributed by atoms with Crippen LogP contribution in [0.3, 0.4) is 0 Å². The van der Waals surface area contributed by atoms with E-state index in [1.54, 1.807) is 6.07 Å². The van der Waals surface area contributed by atoms with Gasteiger partial charge in [-0.15, -0.1) is 0 Å². The SMILES string of the molecule is Cc1ccc(C)c(N=C(N)SCc2cc(=O)oc3cc(C)c(C(C)C)cc23)c1. The van der Waals surface area contributed by atoms with Crippen LogP contribution in [0.5, 0.6) is 0 Å². The Morgan fingerprint density at radius 1 is 1.11 bits per heavy atom. The average molecular weight is 395 g/mol. The van der Waals surface area contributed by atoms with E-state index in [9.17, 15) is 4.79 Å². The molecule has 28 heavy (non-hydrogen) atoms. The summed E-state index contributed by atoms with van der Waals surface area (Å²) < 4.78 is 5.42. The summed E-state index contributed by atoms with van der Waals surface area (Å²) >= 11 is 1.43. The van der Waals surface area contributed by atoms with Crippen molar-refractivity contribution in [1.82, 2.24) is 0 Å². The van der Waals surface area contributed by atoms with Gasteiger partial charge in [0.15, 0.2) is 5.17 Å². The number of fused-ring (bicyclic) bond motifs is 1. The van der Waals surface area contributed by atoms with Crippen molar-refractivity contribution in [2.45, 2.75) is 46.3 Å². The van der Waals surface area contributed by atoms with E-state index in [1.165, 1.54) is 17.3 Å². The third-order valence-corrected chi connectivity index (χ3v) is 5.65. The van der Waals surface area contributed by atoms with E-state index >= 15 is 0 Å². The maximum atomic E-state index is 12.0. The number of aliphatic imine (C=N–C) groups is 1. The summed E-state index contributed by atoms with van der Waals surface area (Å²) in [4.78, 5) is 16.6. The Balaban J connectivity index is 1.93. The summed E-state index contributed by atoms with van der Waals surface area (Å²) in [6.45, 7) is 10.4. The quantitative estimate of drug-likeness (QED) is 0.349. The van der Waals surface area contributed by atoms with Crippen LogP contribution in [0.25, 0.3) is 11.0 Å². The zero-order chi connectivity index (χ0) is 20.4. The number of aryl methyl sites for hydroxylation is 3. The normalized spacial score (nSPS) is 12.1. The second-order valence-corrected chi connectivity index (χ2v) is 8.47. The Labute approximate surface area is 169 Å². The van der Waals surface area contributed by atoms with Crippen molar-refractivity contribution >= 4 is 33.6 Å². The first kappa shape index (κ1) is 20.2. The van der Waals surface area contributed by atoms with Crippen LogP contribution in [0.4, 0.5) is 5.69 Å². The smallest absolute Gasteiger partial charge is 0.336 e. The first-order chi connectivity index (χ1) is 13.2. The predicted octanol–water partition coefficient (Wildman–Crippen LogP) is 5.72. The summed E-state index contributed by atoms with van der Waals surface area (Å²) in [7, 11) is 0. The summed E-state index contributed by atoms with van der Waals surface area (Å²) in [6.07, 6.45) is 0. The molecule has 4 nitrogen and oxygen atoms in total. The minimum atomic E-state index is -0.343. The van der Waals surface area contributed by atoms with Gasteiger partial charge in [0.2, 0.25) is 0 Å². The Morgan fingerprint density at radius 3 is 2.57 bits per heavy atom. The van der Waals surface area contributed by atoms with Crippen molar-refractivity contribution in [3.8, 4) is 0 Å². The molecule has 0 bridgehead atoms. The molecule has 0 fully saturated rings. The van der Waals surface area contributed by atoms with Crippen LogP contribution >= 0.6 is 11.8 Å². The molecule has 3 rings (SSSR count). The fraction of sp³-hybridized carbons (Fsp3) is 0.304. The molecule has 2 N–H and O–H groups in total. The zero-order valence-corrected chi connectivity index (χ0v) is 17.8. The van der Waals surface area contributed by atoms with Crippen LogP contribution in [-0.2, 0) is 5.75 Å². The van der Waals surface area contributed by atoms with Crippen LogP contribution in [0.2, 0.25) is 0 Å².